The first-order chi connectivity index (χ1) is 12.1. The maximum absolute atomic E-state index is 11.4. The average Bonchev–Trinajstić information content (AvgIpc) is 2.61. The molecule has 0 saturated heterocycles. The van der Waals surface area contributed by atoms with Crippen LogP contribution in [0.4, 0.5) is 0 Å². The number of amides is 2. The number of aromatic nitrogens is 2. The van der Waals surface area contributed by atoms with Gasteiger partial charge in [-0.1, -0.05) is 6.07 Å². The van der Waals surface area contributed by atoms with Crippen LogP contribution in [0.1, 0.15) is 21.0 Å². The number of carbonyl (C=O) groups excluding carboxylic acids is 2. The van der Waals surface area contributed by atoms with Gasteiger partial charge in [0, 0.05) is 50.5 Å². The second kappa shape index (κ2) is 10.0. The lowest BCUT2D eigenvalue weighted by Crippen LogP contribution is -2.31. The van der Waals surface area contributed by atoms with Gasteiger partial charge in [-0.15, -0.1) is 0 Å². The van der Waals surface area contributed by atoms with Crippen LogP contribution in [-0.2, 0) is 0 Å². The van der Waals surface area contributed by atoms with Crippen LogP contribution in [0.5, 0.6) is 0 Å². The molecule has 0 spiro atoms. The SMILES string of the molecule is CN(C)C(=O)c1ccc(B(O)O)cn1.CN(C)C(=O)c1ccc(Br)cn1. The third-order valence-electron chi connectivity index (χ3n) is 3.06. The summed E-state index contributed by atoms with van der Waals surface area (Å²) in [7, 11) is 5.10. The molecule has 2 heterocycles. The quantitative estimate of drug-likeness (QED) is 0.674. The molecule has 2 amide bonds. The fraction of sp³-hybridized carbons (Fsp3) is 0.250. The largest absolute Gasteiger partial charge is 0.490 e. The van der Waals surface area contributed by atoms with Crippen LogP contribution >= 0.6 is 15.9 Å². The number of pyridine rings is 2. The number of halogens is 1. The van der Waals surface area contributed by atoms with E-state index in [1.807, 2.05) is 0 Å². The van der Waals surface area contributed by atoms with Crippen LogP contribution in [0.3, 0.4) is 0 Å². The summed E-state index contributed by atoms with van der Waals surface area (Å²) < 4.78 is 0.873. The molecule has 0 fully saturated rings. The third-order valence-corrected chi connectivity index (χ3v) is 3.53. The minimum absolute atomic E-state index is 0.0810. The van der Waals surface area contributed by atoms with Gasteiger partial charge in [0.25, 0.3) is 11.8 Å². The number of nitrogens with zero attached hydrogens (tertiary/aromatic N) is 4. The molecule has 0 bridgehead atoms. The molecule has 2 aromatic heterocycles. The summed E-state index contributed by atoms with van der Waals surface area (Å²) in [5, 5.41) is 17.6. The molecule has 0 unspecified atom stereocenters. The molecule has 2 N–H and O–H groups in total. The Morgan fingerprint density at radius 3 is 1.65 bits per heavy atom. The van der Waals surface area contributed by atoms with E-state index >= 15 is 0 Å². The number of rotatable bonds is 3. The molecular weight excluding hydrogens is 403 g/mol. The summed E-state index contributed by atoms with van der Waals surface area (Å²) in [4.78, 5) is 33.3. The zero-order valence-corrected chi connectivity index (χ0v) is 16.5. The molecule has 0 saturated carbocycles. The highest BCUT2D eigenvalue weighted by molar-refractivity contribution is 9.10. The molecule has 2 rings (SSSR count). The van der Waals surface area contributed by atoms with E-state index in [1.54, 1.807) is 46.5 Å². The van der Waals surface area contributed by atoms with Crippen molar-refractivity contribution in [2.75, 3.05) is 28.2 Å². The first kappa shape index (κ1) is 21.7. The highest BCUT2D eigenvalue weighted by atomic mass is 79.9. The van der Waals surface area contributed by atoms with Crippen molar-refractivity contribution >= 4 is 40.3 Å². The maximum Gasteiger partial charge on any atom is 0.490 e. The third kappa shape index (κ3) is 6.55. The molecule has 26 heavy (non-hydrogen) atoms. The van der Waals surface area contributed by atoms with Gasteiger partial charge in [-0.25, -0.2) is 4.98 Å². The number of carbonyl (C=O) groups is 2. The zero-order valence-electron chi connectivity index (χ0n) is 14.9. The normalized spacial score (nSPS) is 9.65. The van der Waals surface area contributed by atoms with Gasteiger partial charge in [-0.05, 0) is 34.1 Å². The van der Waals surface area contributed by atoms with E-state index in [-0.39, 0.29) is 23.0 Å². The first-order valence-electron chi connectivity index (χ1n) is 7.50. The molecule has 10 heteroatoms. The highest BCUT2D eigenvalue weighted by Crippen LogP contribution is 2.08. The Labute approximate surface area is 160 Å². The van der Waals surface area contributed by atoms with Crippen molar-refractivity contribution in [3.05, 3.63) is 52.5 Å². The lowest BCUT2D eigenvalue weighted by Gasteiger charge is -2.09. The molecule has 0 aliphatic heterocycles. The number of hydrogen-bond donors (Lipinski definition) is 2. The summed E-state index contributed by atoms with van der Waals surface area (Å²) in [5.41, 5.74) is 1.00. The van der Waals surface area contributed by atoms with Crippen molar-refractivity contribution in [3.8, 4) is 0 Å². The maximum atomic E-state index is 11.4. The fourth-order valence-corrected chi connectivity index (χ4v) is 1.88. The summed E-state index contributed by atoms with van der Waals surface area (Å²) in [6, 6.07) is 6.39. The van der Waals surface area contributed by atoms with Crippen molar-refractivity contribution < 1.29 is 19.6 Å². The van der Waals surface area contributed by atoms with Gasteiger partial charge in [0.2, 0.25) is 0 Å². The predicted molar refractivity (Wildman–Crippen MR) is 102 cm³/mol. The van der Waals surface area contributed by atoms with E-state index in [1.165, 1.54) is 28.1 Å². The zero-order chi connectivity index (χ0) is 19.9. The Kier molecular flexibility index (Phi) is 8.36. The Hall–Kier alpha value is -2.30. The van der Waals surface area contributed by atoms with Crippen LogP contribution in [0.2, 0.25) is 0 Å². The Bertz CT molecular complexity index is 737. The fourth-order valence-electron chi connectivity index (χ4n) is 1.65. The van der Waals surface area contributed by atoms with Gasteiger partial charge >= 0.3 is 7.12 Å². The van der Waals surface area contributed by atoms with Crippen molar-refractivity contribution in [2.45, 2.75) is 0 Å². The van der Waals surface area contributed by atoms with E-state index in [9.17, 15) is 9.59 Å². The topological polar surface area (TPSA) is 107 Å². The minimum Gasteiger partial charge on any atom is -0.423 e. The average molecular weight is 423 g/mol. The molecule has 8 nitrogen and oxygen atoms in total. The van der Waals surface area contributed by atoms with Gasteiger partial charge in [0.1, 0.15) is 11.4 Å². The lowest BCUT2D eigenvalue weighted by molar-refractivity contribution is 0.0815. The summed E-state index contributed by atoms with van der Waals surface area (Å²) in [5.74, 6) is -0.300. The van der Waals surface area contributed by atoms with Gasteiger partial charge in [0.05, 0.1) is 0 Å². The van der Waals surface area contributed by atoms with Crippen molar-refractivity contribution in [3.63, 3.8) is 0 Å². The monoisotopic (exact) mass is 422 g/mol. The van der Waals surface area contributed by atoms with Gasteiger partial charge in [-0.2, -0.15) is 0 Å². The Morgan fingerprint density at radius 2 is 1.35 bits per heavy atom. The summed E-state index contributed by atoms with van der Waals surface area (Å²) >= 11 is 3.24. The van der Waals surface area contributed by atoms with E-state index in [4.69, 9.17) is 10.0 Å². The van der Waals surface area contributed by atoms with Crippen molar-refractivity contribution in [1.29, 1.82) is 0 Å². The molecule has 2 aromatic rings. The Morgan fingerprint density at radius 1 is 0.885 bits per heavy atom. The Balaban J connectivity index is 0.000000263. The van der Waals surface area contributed by atoms with Gasteiger partial charge in [0.15, 0.2) is 0 Å². The molecule has 0 aliphatic carbocycles. The highest BCUT2D eigenvalue weighted by Gasteiger charge is 2.14. The van der Waals surface area contributed by atoms with E-state index < -0.39 is 7.12 Å². The van der Waals surface area contributed by atoms with Crippen molar-refractivity contribution in [2.24, 2.45) is 0 Å². The molecule has 138 valence electrons. The second-order valence-corrected chi connectivity index (χ2v) is 6.53. The van der Waals surface area contributed by atoms with Crippen LogP contribution in [0.15, 0.2) is 41.1 Å². The molecule has 0 aromatic carbocycles. The van der Waals surface area contributed by atoms with Crippen LogP contribution < -0.4 is 5.46 Å². The summed E-state index contributed by atoms with van der Waals surface area (Å²) in [6.45, 7) is 0. The molecular formula is C16H20BBrN4O4. The second-order valence-electron chi connectivity index (χ2n) is 5.61. The predicted octanol–water partition coefficient (Wildman–Crippen LogP) is 0.00910. The molecule has 0 atom stereocenters. The number of hydrogen-bond acceptors (Lipinski definition) is 6. The standard InChI is InChI=1S/C8H11BN2O3.C8H9BrN2O/c1-11(2)8(12)7-4-3-6(5-10-7)9(13)14;1-11(2)8(12)7-4-3-6(9)5-10-7/h3-5,13-14H,1-2H3;3-5H,1-2H3. The van der Waals surface area contributed by atoms with Crippen molar-refractivity contribution in [1.82, 2.24) is 19.8 Å². The van der Waals surface area contributed by atoms with Crippen LogP contribution in [0, 0.1) is 0 Å². The lowest BCUT2D eigenvalue weighted by atomic mass is 9.82. The van der Waals surface area contributed by atoms with E-state index in [0.29, 0.717) is 5.69 Å². The van der Waals surface area contributed by atoms with Crippen LogP contribution in [0.25, 0.3) is 0 Å². The smallest absolute Gasteiger partial charge is 0.423 e. The van der Waals surface area contributed by atoms with E-state index in [0.717, 1.165) is 4.47 Å². The molecule has 0 aliphatic rings. The van der Waals surface area contributed by atoms with Gasteiger partial charge < -0.3 is 19.8 Å². The first-order valence-corrected chi connectivity index (χ1v) is 8.29. The van der Waals surface area contributed by atoms with E-state index in [2.05, 4.69) is 25.9 Å². The van der Waals surface area contributed by atoms with Gasteiger partial charge in [-0.3, -0.25) is 14.6 Å². The summed E-state index contributed by atoms with van der Waals surface area (Å²) in [6.07, 6.45) is 2.87. The van der Waals surface area contributed by atoms with Crippen LogP contribution in [-0.4, -0.2) is 76.9 Å². The molecule has 0 radical (unpaired) electrons. The minimum atomic E-state index is -1.55.